The lowest BCUT2D eigenvalue weighted by atomic mass is 9.89. The van der Waals surface area contributed by atoms with Crippen molar-refractivity contribution in [1.82, 2.24) is 0 Å². The first-order valence-corrected chi connectivity index (χ1v) is 7.81. The molecule has 2 fully saturated rings. The number of halogens is 3. The SMILES string of the molecule is O=C(OCC[N-]S(=O)(=O)C(F)(F)F)C1CC2CCC1C2. The Morgan fingerprint density at radius 2 is 1.95 bits per heavy atom. The van der Waals surface area contributed by atoms with E-state index in [0.29, 0.717) is 11.8 Å². The summed E-state index contributed by atoms with van der Waals surface area (Å²) in [6.45, 7) is -1.14. The number of hydrogen-bond donors (Lipinski definition) is 0. The van der Waals surface area contributed by atoms with Crippen LogP contribution in [-0.4, -0.2) is 33.0 Å². The van der Waals surface area contributed by atoms with Crippen LogP contribution in [0.15, 0.2) is 0 Å². The molecule has 2 rings (SSSR count). The van der Waals surface area contributed by atoms with E-state index in [1.165, 1.54) is 0 Å². The molecule has 2 saturated carbocycles. The molecule has 2 bridgehead atoms. The maximum absolute atomic E-state index is 12.0. The van der Waals surface area contributed by atoms with Gasteiger partial charge in [-0.15, -0.1) is 6.54 Å². The molecule has 5 nitrogen and oxygen atoms in total. The van der Waals surface area contributed by atoms with Crippen LogP contribution < -0.4 is 0 Å². The van der Waals surface area contributed by atoms with Crippen LogP contribution in [-0.2, 0) is 19.6 Å². The lowest BCUT2D eigenvalue weighted by molar-refractivity contribution is -0.149. The number of ether oxygens (including phenoxy) is 1. The summed E-state index contributed by atoms with van der Waals surface area (Å²) in [6, 6.07) is 0. The van der Waals surface area contributed by atoms with Crippen LogP contribution in [0.5, 0.6) is 0 Å². The van der Waals surface area contributed by atoms with Gasteiger partial charge in [-0.05, 0) is 31.1 Å². The van der Waals surface area contributed by atoms with Crippen molar-refractivity contribution in [3.63, 3.8) is 0 Å². The molecule has 0 radical (unpaired) electrons. The fourth-order valence-electron chi connectivity index (χ4n) is 3.02. The van der Waals surface area contributed by atoms with Gasteiger partial charge in [0, 0.05) is 0 Å². The number of alkyl halides is 3. The second-order valence-corrected chi connectivity index (χ2v) is 6.89. The Morgan fingerprint density at radius 1 is 1.25 bits per heavy atom. The quantitative estimate of drug-likeness (QED) is 0.576. The Bertz CT molecular complexity index is 477. The highest BCUT2D eigenvalue weighted by atomic mass is 32.2. The van der Waals surface area contributed by atoms with Gasteiger partial charge in [0.2, 0.25) is 0 Å². The van der Waals surface area contributed by atoms with Gasteiger partial charge in [0.1, 0.15) is 0 Å². The number of sulfonamides is 1. The number of fused-ring (bicyclic) bond motifs is 2. The number of esters is 1. The van der Waals surface area contributed by atoms with Crippen molar-refractivity contribution in [3.8, 4) is 0 Å². The van der Waals surface area contributed by atoms with Crippen molar-refractivity contribution in [3.05, 3.63) is 4.72 Å². The van der Waals surface area contributed by atoms with Gasteiger partial charge in [-0.25, -0.2) is 8.42 Å². The molecule has 116 valence electrons. The standard InChI is InChI=1S/C11H15F3NO4S/c12-11(13,14)20(17,18)15-3-4-19-10(16)9-6-7-1-2-8(9)5-7/h7-9H,1-6H2/q-1. The molecular formula is C11H15F3NO4S-. The number of rotatable bonds is 5. The molecule has 0 heterocycles. The average molecular weight is 314 g/mol. The van der Waals surface area contributed by atoms with Gasteiger partial charge < -0.3 is 9.46 Å². The van der Waals surface area contributed by atoms with Crippen LogP contribution in [0.4, 0.5) is 13.2 Å². The van der Waals surface area contributed by atoms with E-state index >= 15 is 0 Å². The highest BCUT2D eigenvalue weighted by molar-refractivity contribution is 7.94. The first-order chi connectivity index (χ1) is 9.21. The Morgan fingerprint density at radius 3 is 2.45 bits per heavy atom. The van der Waals surface area contributed by atoms with Crippen LogP contribution >= 0.6 is 0 Å². The smallest absolute Gasteiger partial charge is 0.480 e. The molecule has 0 amide bonds. The van der Waals surface area contributed by atoms with Crippen molar-refractivity contribution in [2.45, 2.75) is 31.2 Å². The van der Waals surface area contributed by atoms with Crippen LogP contribution in [0.1, 0.15) is 25.7 Å². The van der Waals surface area contributed by atoms with Crippen LogP contribution in [0.2, 0.25) is 0 Å². The summed E-state index contributed by atoms with van der Waals surface area (Å²) in [6.07, 6.45) is 3.87. The summed E-state index contributed by atoms with van der Waals surface area (Å²) in [7, 11) is -5.49. The number of carbonyl (C=O) groups is 1. The van der Waals surface area contributed by atoms with E-state index in [0.717, 1.165) is 25.7 Å². The summed E-state index contributed by atoms with van der Waals surface area (Å²) in [4.78, 5) is 11.7. The molecule has 0 aromatic heterocycles. The summed E-state index contributed by atoms with van der Waals surface area (Å²) in [5.41, 5.74) is -5.40. The van der Waals surface area contributed by atoms with E-state index in [9.17, 15) is 26.4 Å². The van der Waals surface area contributed by atoms with Gasteiger partial charge in [0.15, 0.2) is 10.0 Å². The van der Waals surface area contributed by atoms with E-state index in [1.54, 1.807) is 0 Å². The minimum atomic E-state index is -5.49. The second-order valence-electron chi connectivity index (χ2n) is 5.22. The Labute approximate surface area is 114 Å². The molecule has 0 aliphatic heterocycles. The molecule has 0 saturated heterocycles. The first-order valence-electron chi connectivity index (χ1n) is 6.37. The Hall–Kier alpha value is -0.830. The van der Waals surface area contributed by atoms with Crippen LogP contribution in [0, 0.1) is 17.8 Å². The van der Waals surface area contributed by atoms with Gasteiger partial charge >= 0.3 is 11.5 Å². The van der Waals surface area contributed by atoms with Crippen molar-refractivity contribution in [2.75, 3.05) is 13.2 Å². The fourth-order valence-corrected chi connectivity index (χ4v) is 3.48. The van der Waals surface area contributed by atoms with E-state index in [2.05, 4.69) is 4.72 Å². The summed E-state index contributed by atoms with van der Waals surface area (Å²) in [5, 5.41) is 0. The highest BCUT2D eigenvalue weighted by Gasteiger charge is 2.43. The van der Waals surface area contributed by atoms with Crippen molar-refractivity contribution in [1.29, 1.82) is 0 Å². The molecule has 2 aliphatic carbocycles. The number of carbonyl (C=O) groups excluding carboxylic acids is 1. The highest BCUT2D eigenvalue weighted by Crippen LogP contribution is 2.48. The molecule has 2 aliphatic rings. The van der Waals surface area contributed by atoms with Crippen LogP contribution in [0.25, 0.3) is 4.72 Å². The minimum Gasteiger partial charge on any atom is -0.538 e. The molecule has 0 aromatic carbocycles. The second kappa shape index (κ2) is 5.51. The zero-order valence-corrected chi connectivity index (χ0v) is 11.4. The topological polar surface area (TPSA) is 74.5 Å². The fraction of sp³-hybridized carbons (Fsp3) is 0.909. The van der Waals surface area contributed by atoms with Gasteiger partial charge in [-0.3, -0.25) is 4.79 Å². The monoisotopic (exact) mass is 314 g/mol. The molecule has 3 unspecified atom stereocenters. The zero-order valence-electron chi connectivity index (χ0n) is 10.6. The van der Waals surface area contributed by atoms with Gasteiger partial charge in [-0.2, -0.15) is 13.2 Å². The Kier molecular flexibility index (Phi) is 4.29. The molecule has 3 atom stereocenters. The summed E-state index contributed by atoms with van der Waals surface area (Å²) < 4.78 is 64.5. The third-order valence-corrected chi connectivity index (χ3v) is 5.04. The maximum Gasteiger partial charge on any atom is 0.480 e. The predicted octanol–water partition coefficient (Wildman–Crippen LogP) is 2.19. The first kappa shape index (κ1) is 15.6. The Balaban J connectivity index is 1.70. The summed E-state index contributed by atoms with van der Waals surface area (Å²) in [5.74, 6) is 0.223. The molecule has 0 N–H and O–H groups in total. The van der Waals surface area contributed by atoms with Gasteiger partial charge in [0.25, 0.3) is 0 Å². The normalized spacial score (nSPS) is 29.6. The maximum atomic E-state index is 12.0. The summed E-state index contributed by atoms with van der Waals surface area (Å²) >= 11 is 0. The van der Waals surface area contributed by atoms with Gasteiger partial charge in [0.05, 0.1) is 12.5 Å². The average Bonchev–Trinajstić information content (AvgIpc) is 2.95. The lowest BCUT2D eigenvalue weighted by Crippen LogP contribution is -2.26. The molecule has 0 aromatic rings. The lowest BCUT2D eigenvalue weighted by Gasteiger charge is -2.23. The van der Waals surface area contributed by atoms with E-state index in [1.807, 2.05) is 0 Å². The predicted molar refractivity (Wildman–Crippen MR) is 63.1 cm³/mol. The number of nitrogens with zero attached hydrogens (tertiary/aromatic N) is 1. The van der Waals surface area contributed by atoms with Crippen molar-refractivity contribution in [2.24, 2.45) is 17.8 Å². The zero-order chi connectivity index (χ0) is 15.0. The van der Waals surface area contributed by atoms with E-state index in [-0.39, 0.29) is 5.92 Å². The molecule has 0 spiro atoms. The van der Waals surface area contributed by atoms with E-state index in [4.69, 9.17) is 4.74 Å². The van der Waals surface area contributed by atoms with Crippen LogP contribution in [0.3, 0.4) is 0 Å². The third kappa shape index (κ3) is 3.25. The molecular weight excluding hydrogens is 299 g/mol. The molecule has 20 heavy (non-hydrogen) atoms. The minimum absolute atomic E-state index is 0.187. The number of hydrogen-bond acceptors (Lipinski definition) is 4. The molecule has 9 heteroatoms. The van der Waals surface area contributed by atoms with Crippen molar-refractivity contribution < 1.29 is 31.1 Å². The van der Waals surface area contributed by atoms with E-state index < -0.39 is 34.7 Å². The third-order valence-electron chi connectivity index (χ3n) is 3.93. The van der Waals surface area contributed by atoms with Gasteiger partial charge in [-0.1, -0.05) is 6.42 Å². The van der Waals surface area contributed by atoms with Crippen molar-refractivity contribution >= 4 is 16.0 Å². The largest absolute Gasteiger partial charge is 0.538 e.